The van der Waals surface area contributed by atoms with E-state index < -0.39 is 0 Å². The Morgan fingerprint density at radius 1 is 1.26 bits per heavy atom. The minimum Gasteiger partial charge on any atom is -0.494 e. The Labute approximate surface area is 141 Å². The minimum atomic E-state index is -0.0389. The minimum absolute atomic E-state index is 0.0389. The molecule has 0 radical (unpaired) electrons. The Morgan fingerprint density at radius 3 is 2.65 bits per heavy atom. The van der Waals surface area contributed by atoms with Crippen molar-refractivity contribution in [2.24, 2.45) is 0 Å². The van der Waals surface area contributed by atoms with Crippen LogP contribution in [0.15, 0.2) is 48.5 Å². The van der Waals surface area contributed by atoms with Crippen molar-refractivity contribution in [2.45, 2.75) is 19.9 Å². The number of benzene rings is 2. The molecule has 1 atom stereocenters. The first-order chi connectivity index (χ1) is 11.1. The maximum absolute atomic E-state index is 12.0. The van der Waals surface area contributed by atoms with Crippen LogP contribution in [0.25, 0.3) is 0 Å². The van der Waals surface area contributed by atoms with Gasteiger partial charge in [0, 0.05) is 16.3 Å². The summed E-state index contributed by atoms with van der Waals surface area (Å²) in [7, 11) is 0. The molecule has 2 aromatic rings. The second-order valence-corrected chi connectivity index (χ2v) is 5.73. The van der Waals surface area contributed by atoms with Crippen LogP contribution in [0.4, 0.5) is 5.69 Å². The second kappa shape index (κ2) is 8.56. The SMILES string of the molecule is CCOc1ccc(NC(=O)C[NH2+][C@@H](C)c2cccc(Cl)c2)cc1. The summed E-state index contributed by atoms with van der Waals surface area (Å²) in [4.78, 5) is 12.0. The van der Waals surface area contributed by atoms with Crippen LogP contribution in [-0.4, -0.2) is 19.1 Å². The highest BCUT2D eigenvalue weighted by Gasteiger charge is 2.12. The van der Waals surface area contributed by atoms with Crippen LogP contribution in [-0.2, 0) is 4.79 Å². The smallest absolute Gasteiger partial charge is 0.279 e. The van der Waals surface area contributed by atoms with E-state index in [2.05, 4.69) is 12.2 Å². The number of carbonyl (C=O) groups is 1. The van der Waals surface area contributed by atoms with Gasteiger partial charge in [0.15, 0.2) is 6.54 Å². The van der Waals surface area contributed by atoms with Crippen molar-refractivity contribution in [2.75, 3.05) is 18.5 Å². The number of anilines is 1. The van der Waals surface area contributed by atoms with Gasteiger partial charge in [0.25, 0.3) is 5.91 Å². The molecule has 0 aromatic heterocycles. The number of rotatable bonds is 7. The van der Waals surface area contributed by atoms with Gasteiger partial charge in [-0.05, 0) is 50.2 Å². The zero-order chi connectivity index (χ0) is 16.7. The molecule has 2 aromatic carbocycles. The normalized spacial score (nSPS) is 11.8. The molecule has 0 heterocycles. The maximum Gasteiger partial charge on any atom is 0.279 e. The summed E-state index contributed by atoms with van der Waals surface area (Å²) in [5, 5.41) is 5.57. The Balaban J connectivity index is 1.82. The molecule has 3 N–H and O–H groups in total. The predicted molar refractivity (Wildman–Crippen MR) is 92.9 cm³/mol. The predicted octanol–water partition coefficient (Wildman–Crippen LogP) is 3.00. The molecule has 0 aliphatic rings. The summed E-state index contributed by atoms with van der Waals surface area (Å²) < 4.78 is 5.37. The van der Waals surface area contributed by atoms with E-state index in [9.17, 15) is 4.79 Å². The average molecular weight is 334 g/mol. The van der Waals surface area contributed by atoms with E-state index in [1.807, 2.05) is 60.8 Å². The first kappa shape index (κ1) is 17.3. The fourth-order valence-corrected chi connectivity index (χ4v) is 2.42. The Morgan fingerprint density at radius 2 is 2.00 bits per heavy atom. The van der Waals surface area contributed by atoms with Crippen LogP contribution in [0.5, 0.6) is 5.75 Å². The zero-order valence-electron chi connectivity index (χ0n) is 13.4. The fraction of sp³-hybridized carbons (Fsp3) is 0.278. The van der Waals surface area contributed by atoms with Gasteiger partial charge in [-0.25, -0.2) is 0 Å². The molecule has 23 heavy (non-hydrogen) atoms. The largest absolute Gasteiger partial charge is 0.494 e. The monoisotopic (exact) mass is 333 g/mol. The van der Waals surface area contributed by atoms with Gasteiger partial charge in [0.05, 0.1) is 6.61 Å². The van der Waals surface area contributed by atoms with Crippen LogP contribution < -0.4 is 15.4 Å². The highest BCUT2D eigenvalue weighted by molar-refractivity contribution is 6.30. The van der Waals surface area contributed by atoms with Crippen LogP contribution >= 0.6 is 11.6 Å². The molecule has 0 aliphatic heterocycles. The van der Waals surface area contributed by atoms with Crippen molar-refractivity contribution in [1.29, 1.82) is 0 Å². The number of carbonyl (C=O) groups excluding carboxylic acids is 1. The molecule has 0 aliphatic carbocycles. The molecule has 122 valence electrons. The molecule has 0 unspecified atom stereocenters. The summed E-state index contributed by atoms with van der Waals surface area (Å²) in [6, 6.07) is 15.2. The lowest BCUT2D eigenvalue weighted by molar-refractivity contribution is -0.682. The summed E-state index contributed by atoms with van der Waals surface area (Å²) in [6.45, 7) is 4.96. The maximum atomic E-state index is 12.0. The summed E-state index contributed by atoms with van der Waals surface area (Å²) in [5.74, 6) is 0.759. The third-order valence-corrected chi connectivity index (χ3v) is 3.72. The number of hydrogen-bond acceptors (Lipinski definition) is 2. The van der Waals surface area contributed by atoms with Crippen molar-refractivity contribution >= 4 is 23.2 Å². The molecule has 0 fully saturated rings. The van der Waals surface area contributed by atoms with Gasteiger partial charge in [0.1, 0.15) is 11.8 Å². The van der Waals surface area contributed by atoms with E-state index in [4.69, 9.17) is 16.3 Å². The van der Waals surface area contributed by atoms with Crippen LogP contribution in [0.2, 0.25) is 5.02 Å². The lowest BCUT2D eigenvalue weighted by Gasteiger charge is -2.11. The van der Waals surface area contributed by atoms with Gasteiger partial charge in [-0.2, -0.15) is 0 Å². The second-order valence-electron chi connectivity index (χ2n) is 5.29. The van der Waals surface area contributed by atoms with Gasteiger partial charge in [-0.15, -0.1) is 0 Å². The standard InChI is InChI=1S/C18H21ClN2O2/c1-3-23-17-9-7-16(8-10-17)21-18(22)12-20-13(2)14-5-4-6-15(19)11-14/h4-11,13,20H,3,12H2,1-2H3,(H,21,22)/p+1/t13-/m0/s1. The van der Waals surface area contributed by atoms with Crippen LogP contribution in [0.1, 0.15) is 25.5 Å². The molecule has 2 rings (SSSR count). The van der Waals surface area contributed by atoms with Gasteiger partial charge in [0.2, 0.25) is 0 Å². The van der Waals surface area contributed by atoms with Crippen LogP contribution in [0.3, 0.4) is 0 Å². The molecular weight excluding hydrogens is 312 g/mol. The number of nitrogens with one attached hydrogen (secondary N) is 1. The first-order valence-electron chi connectivity index (χ1n) is 7.70. The van der Waals surface area contributed by atoms with E-state index in [0.29, 0.717) is 18.2 Å². The third-order valence-electron chi connectivity index (χ3n) is 3.48. The summed E-state index contributed by atoms with van der Waals surface area (Å²) in [5.41, 5.74) is 1.87. The van der Waals surface area contributed by atoms with Crippen molar-refractivity contribution < 1.29 is 14.8 Å². The van der Waals surface area contributed by atoms with Gasteiger partial charge in [-0.1, -0.05) is 23.7 Å². The Hall–Kier alpha value is -2.04. The average Bonchev–Trinajstić information content (AvgIpc) is 2.55. The van der Waals surface area contributed by atoms with Gasteiger partial charge >= 0.3 is 0 Å². The van der Waals surface area contributed by atoms with E-state index in [0.717, 1.165) is 17.0 Å². The van der Waals surface area contributed by atoms with Crippen molar-refractivity contribution in [1.82, 2.24) is 0 Å². The Bertz CT molecular complexity index is 644. The molecule has 0 spiro atoms. The molecule has 5 heteroatoms. The quantitative estimate of drug-likeness (QED) is 0.818. The molecule has 1 amide bonds. The molecule has 4 nitrogen and oxygen atoms in total. The fourth-order valence-electron chi connectivity index (χ4n) is 2.22. The van der Waals surface area contributed by atoms with E-state index in [1.165, 1.54) is 0 Å². The van der Waals surface area contributed by atoms with Gasteiger partial charge in [-0.3, -0.25) is 4.79 Å². The lowest BCUT2D eigenvalue weighted by atomic mass is 10.1. The van der Waals surface area contributed by atoms with Crippen molar-refractivity contribution in [3.63, 3.8) is 0 Å². The molecule has 0 saturated heterocycles. The van der Waals surface area contributed by atoms with Crippen molar-refractivity contribution in [3.8, 4) is 5.75 Å². The van der Waals surface area contributed by atoms with Gasteiger partial charge < -0.3 is 15.4 Å². The third kappa shape index (κ3) is 5.58. The number of ether oxygens (including phenoxy) is 1. The molecular formula is C18H22ClN2O2+. The Kier molecular flexibility index (Phi) is 6.44. The van der Waals surface area contributed by atoms with E-state index in [-0.39, 0.29) is 11.9 Å². The lowest BCUT2D eigenvalue weighted by Crippen LogP contribution is -2.86. The van der Waals surface area contributed by atoms with E-state index in [1.54, 1.807) is 0 Å². The first-order valence-corrected chi connectivity index (χ1v) is 8.07. The highest BCUT2D eigenvalue weighted by atomic mass is 35.5. The van der Waals surface area contributed by atoms with Crippen molar-refractivity contribution in [3.05, 3.63) is 59.1 Å². The molecule has 0 saturated carbocycles. The number of hydrogen-bond donors (Lipinski definition) is 2. The topological polar surface area (TPSA) is 54.9 Å². The number of halogens is 1. The summed E-state index contributed by atoms with van der Waals surface area (Å²) >= 11 is 5.99. The zero-order valence-corrected chi connectivity index (χ0v) is 14.1. The number of amides is 1. The molecule has 0 bridgehead atoms. The number of nitrogens with two attached hydrogens (primary N) is 1. The summed E-state index contributed by atoms with van der Waals surface area (Å²) in [6.07, 6.45) is 0. The number of quaternary nitrogens is 1. The van der Waals surface area contributed by atoms with E-state index >= 15 is 0 Å². The van der Waals surface area contributed by atoms with Crippen LogP contribution in [0, 0.1) is 0 Å². The highest BCUT2D eigenvalue weighted by Crippen LogP contribution is 2.16.